The number of rotatable bonds is 2. The summed E-state index contributed by atoms with van der Waals surface area (Å²) < 4.78 is 2.60. The van der Waals surface area contributed by atoms with Crippen molar-refractivity contribution in [3.63, 3.8) is 0 Å². The van der Waals surface area contributed by atoms with Crippen molar-refractivity contribution >= 4 is 27.3 Å². The summed E-state index contributed by atoms with van der Waals surface area (Å²) >= 11 is 3.37. The molecule has 3 N–H and O–H groups in total. The van der Waals surface area contributed by atoms with E-state index in [4.69, 9.17) is 5.73 Å². The van der Waals surface area contributed by atoms with Crippen LogP contribution in [0.2, 0.25) is 0 Å². The largest absolute Gasteiger partial charge is 0.393 e. The molecule has 0 aliphatic rings. The fourth-order valence-electron chi connectivity index (χ4n) is 1.60. The van der Waals surface area contributed by atoms with Gasteiger partial charge in [0, 0.05) is 6.42 Å². The maximum atomic E-state index is 9.36. The van der Waals surface area contributed by atoms with Crippen molar-refractivity contribution in [1.29, 1.82) is 0 Å². The highest BCUT2D eigenvalue weighted by molar-refractivity contribution is 9.10. The average molecular weight is 270 g/mol. The Bertz CT molecular complexity index is 493. The van der Waals surface area contributed by atoms with Crippen LogP contribution in [0.3, 0.4) is 0 Å². The first-order valence-corrected chi connectivity index (χ1v) is 5.48. The molecule has 0 saturated carbocycles. The molecular formula is C10H12BrN3O. The molecule has 2 heterocycles. The third-order valence-corrected chi connectivity index (χ3v) is 2.78. The van der Waals surface area contributed by atoms with E-state index in [1.807, 2.05) is 22.6 Å². The maximum Gasteiger partial charge on any atom is 0.132 e. The van der Waals surface area contributed by atoms with Gasteiger partial charge in [-0.15, -0.1) is 0 Å². The lowest BCUT2D eigenvalue weighted by atomic mass is 10.3. The molecule has 0 bridgehead atoms. The van der Waals surface area contributed by atoms with Crippen LogP contribution in [-0.2, 0) is 6.42 Å². The zero-order valence-corrected chi connectivity index (χ0v) is 9.90. The second-order valence-electron chi connectivity index (χ2n) is 3.54. The SMILES string of the molecule is CC(O)Cc1nc(Br)c2cccc(N)n12. The van der Waals surface area contributed by atoms with Crippen molar-refractivity contribution in [2.24, 2.45) is 0 Å². The number of pyridine rings is 1. The normalized spacial score (nSPS) is 13.3. The highest BCUT2D eigenvalue weighted by Gasteiger charge is 2.12. The third kappa shape index (κ3) is 1.85. The molecule has 0 saturated heterocycles. The zero-order valence-electron chi connectivity index (χ0n) is 8.31. The van der Waals surface area contributed by atoms with Crippen LogP contribution in [0.1, 0.15) is 12.7 Å². The van der Waals surface area contributed by atoms with E-state index in [0.717, 1.165) is 15.9 Å². The van der Waals surface area contributed by atoms with Crippen molar-refractivity contribution in [1.82, 2.24) is 9.38 Å². The number of hydrogen-bond donors (Lipinski definition) is 2. The molecule has 0 amide bonds. The van der Waals surface area contributed by atoms with Crippen LogP contribution in [0.5, 0.6) is 0 Å². The fraction of sp³-hybridized carbons (Fsp3) is 0.300. The number of imidazole rings is 1. The molecule has 2 aromatic heterocycles. The standard InChI is InChI=1S/C10H12BrN3O/c1-6(15)5-9-13-10(11)7-3-2-4-8(12)14(7)9/h2-4,6,15H,5,12H2,1H3. The first-order valence-electron chi connectivity index (χ1n) is 4.69. The monoisotopic (exact) mass is 269 g/mol. The molecule has 2 rings (SSSR count). The lowest BCUT2D eigenvalue weighted by molar-refractivity contribution is 0.192. The van der Waals surface area contributed by atoms with Crippen LogP contribution in [0, 0.1) is 0 Å². The molecule has 80 valence electrons. The van der Waals surface area contributed by atoms with Crippen molar-refractivity contribution in [2.45, 2.75) is 19.4 Å². The summed E-state index contributed by atoms with van der Waals surface area (Å²) in [4.78, 5) is 4.33. The van der Waals surface area contributed by atoms with Gasteiger partial charge in [-0.2, -0.15) is 0 Å². The summed E-state index contributed by atoms with van der Waals surface area (Å²) in [7, 11) is 0. The zero-order chi connectivity index (χ0) is 11.0. The molecule has 0 spiro atoms. The van der Waals surface area contributed by atoms with E-state index in [1.54, 1.807) is 6.92 Å². The number of halogens is 1. The van der Waals surface area contributed by atoms with E-state index in [-0.39, 0.29) is 0 Å². The smallest absolute Gasteiger partial charge is 0.132 e. The molecule has 5 heteroatoms. The van der Waals surface area contributed by atoms with Crippen molar-refractivity contribution in [3.05, 3.63) is 28.6 Å². The Kier molecular flexibility index (Phi) is 2.67. The van der Waals surface area contributed by atoms with E-state index >= 15 is 0 Å². The Morgan fingerprint density at radius 3 is 3.00 bits per heavy atom. The number of nitrogens with zero attached hydrogens (tertiary/aromatic N) is 2. The summed E-state index contributed by atoms with van der Waals surface area (Å²) in [6.07, 6.45) is 0.0585. The van der Waals surface area contributed by atoms with E-state index in [2.05, 4.69) is 20.9 Å². The van der Waals surface area contributed by atoms with Crippen LogP contribution >= 0.6 is 15.9 Å². The van der Waals surface area contributed by atoms with Crippen molar-refractivity contribution < 1.29 is 5.11 Å². The Morgan fingerprint density at radius 2 is 2.33 bits per heavy atom. The fourth-order valence-corrected chi connectivity index (χ4v) is 2.11. The first kappa shape index (κ1) is 10.4. The number of aliphatic hydroxyl groups is 1. The van der Waals surface area contributed by atoms with Crippen molar-refractivity contribution in [2.75, 3.05) is 5.73 Å². The van der Waals surface area contributed by atoms with E-state index in [9.17, 15) is 5.11 Å². The van der Waals surface area contributed by atoms with Crippen LogP contribution in [0.15, 0.2) is 22.8 Å². The van der Waals surface area contributed by atoms with Gasteiger partial charge in [-0.05, 0) is 35.0 Å². The van der Waals surface area contributed by atoms with Crippen LogP contribution < -0.4 is 5.73 Å². The Labute approximate surface area is 95.9 Å². The molecule has 0 aromatic carbocycles. The number of aromatic nitrogens is 2. The summed E-state index contributed by atoms with van der Waals surface area (Å²) in [6.45, 7) is 1.73. The van der Waals surface area contributed by atoms with Crippen LogP contribution in [0.4, 0.5) is 5.82 Å². The van der Waals surface area contributed by atoms with Crippen LogP contribution in [-0.4, -0.2) is 20.6 Å². The lowest BCUT2D eigenvalue weighted by Crippen LogP contribution is -2.09. The van der Waals surface area contributed by atoms with E-state index in [1.165, 1.54) is 0 Å². The summed E-state index contributed by atoms with van der Waals surface area (Å²) in [5.74, 6) is 1.39. The van der Waals surface area contributed by atoms with Gasteiger partial charge in [0.2, 0.25) is 0 Å². The number of hydrogen-bond acceptors (Lipinski definition) is 3. The number of nitrogen functional groups attached to an aromatic ring is 1. The summed E-state index contributed by atoms with van der Waals surface area (Å²) in [6, 6.07) is 5.62. The Balaban J connectivity index is 2.65. The van der Waals surface area contributed by atoms with Gasteiger partial charge >= 0.3 is 0 Å². The molecule has 0 aliphatic carbocycles. The average Bonchev–Trinajstić information content (AvgIpc) is 2.44. The number of aliphatic hydroxyl groups excluding tert-OH is 1. The van der Waals surface area contributed by atoms with Gasteiger partial charge in [0.15, 0.2) is 0 Å². The van der Waals surface area contributed by atoms with Gasteiger partial charge in [0.25, 0.3) is 0 Å². The summed E-state index contributed by atoms with van der Waals surface area (Å²) in [5, 5.41) is 9.36. The molecule has 2 aromatic rings. The summed E-state index contributed by atoms with van der Waals surface area (Å²) in [5.41, 5.74) is 6.79. The van der Waals surface area contributed by atoms with E-state index in [0.29, 0.717) is 12.2 Å². The minimum absolute atomic E-state index is 0.429. The molecule has 0 aliphatic heterocycles. The van der Waals surface area contributed by atoms with Gasteiger partial charge in [-0.25, -0.2) is 4.98 Å². The Hall–Kier alpha value is -1.07. The predicted molar refractivity (Wildman–Crippen MR) is 62.7 cm³/mol. The highest BCUT2D eigenvalue weighted by Crippen LogP contribution is 2.22. The molecule has 1 atom stereocenters. The molecule has 0 fully saturated rings. The van der Waals surface area contributed by atoms with Gasteiger partial charge in [0.1, 0.15) is 16.2 Å². The van der Waals surface area contributed by atoms with Gasteiger partial charge in [-0.1, -0.05) is 6.07 Å². The van der Waals surface area contributed by atoms with Gasteiger partial charge in [0.05, 0.1) is 11.6 Å². The third-order valence-electron chi connectivity index (χ3n) is 2.19. The number of fused-ring (bicyclic) bond motifs is 1. The Morgan fingerprint density at radius 1 is 1.60 bits per heavy atom. The molecule has 4 nitrogen and oxygen atoms in total. The second kappa shape index (κ2) is 3.83. The maximum absolute atomic E-state index is 9.36. The molecule has 1 unspecified atom stereocenters. The number of nitrogens with two attached hydrogens (primary N) is 1. The number of anilines is 1. The second-order valence-corrected chi connectivity index (χ2v) is 4.29. The molecule has 0 radical (unpaired) electrons. The highest BCUT2D eigenvalue weighted by atomic mass is 79.9. The lowest BCUT2D eigenvalue weighted by Gasteiger charge is -2.05. The van der Waals surface area contributed by atoms with E-state index < -0.39 is 6.10 Å². The van der Waals surface area contributed by atoms with Crippen LogP contribution in [0.25, 0.3) is 5.52 Å². The minimum Gasteiger partial charge on any atom is -0.393 e. The first-order chi connectivity index (χ1) is 7.09. The topological polar surface area (TPSA) is 63.5 Å². The van der Waals surface area contributed by atoms with Crippen molar-refractivity contribution in [3.8, 4) is 0 Å². The van der Waals surface area contributed by atoms with Gasteiger partial charge < -0.3 is 10.8 Å². The minimum atomic E-state index is -0.429. The quantitative estimate of drug-likeness (QED) is 0.871. The molecular weight excluding hydrogens is 258 g/mol. The van der Waals surface area contributed by atoms with Gasteiger partial charge in [-0.3, -0.25) is 4.40 Å². The molecule has 15 heavy (non-hydrogen) atoms. The predicted octanol–water partition coefficient (Wildman–Crippen LogP) is 1.60.